The van der Waals surface area contributed by atoms with Crippen LogP contribution in [0.2, 0.25) is 0 Å². The number of piperidine rings is 1. The Labute approximate surface area is 94.1 Å². The fourth-order valence-corrected chi connectivity index (χ4v) is 2.82. The van der Waals surface area contributed by atoms with Gasteiger partial charge in [0.1, 0.15) is 5.78 Å². The third kappa shape index (κ3) is 2.37. The standard InChI is InChI=1S/C11H16N2OS/c1-8-7-15-11(12-8)13-5-3-10(4-6-13)9(2)14/h7,10H,3-6H2,1-2H3. The lowest BCUT2D eigenvalue weighted by Gasteiger charge is -2.30. The van der Waals surface area contributed by atoms with Crippen LogP contribution in [0, 0.1) is 12.8 Å². The molecular weight excluding hydrogens is 208 g/mol. The highest BCUT2D eigenvalue weighted by Gasteiger charge is 2.23. The number of carbonyl (C=O) groups is 1. The van der Waals surface area contributed by atoms with E-state index >= 15 is 0 Å². The Bertz CT molecular complexity index is 353. The van der Waals surface area contributed by atoms with Crippen molar-refractivity contribution in [3.05, 3.63) is 11.1 Å². The van der Waals surface area contributed by atoms with Gasteiger partial charge in [-0.1, -0.05) is 0 Å². The molecule has 1 aromatic rings. The van der Waals surface area contributed by atoms with Crippen LogP contribution in [0.5, 0.6) is 0 Å². The minimum Gasteiger partial charge on any atom is -0.348 e. The van der Waals surface area contributed by atoms with E-state index in [9.17, 15) is 4.79 Å². The monoisotopic (exact) mass is 224 g/mol. The van der Waals surface area contributed by atoms with Gasteiger partial charge in [-0.15, -0.1) is 11.3 Å². The zero-order chi connectivity index (χ0) is 10.8. The van der Waals surface area contributed by atoms with Crippen molar-refractivity contribution in [1.29, 1.82) is 0 Å². The van der Waals surface area contributed by atoms with Crippen LogP contribution in [0.4, 0.5) is 5.13 Å². The fraction of sp³-hybridized carbons (Fsp3) is 0.636. The number of carbonyl (C=O) groups excluding carboxylic acids is 1. The number of aromatic nitrogens is 1. The summed E-state index contributed by atoms with van der Waals surface area (Å²) in [6, 6.07) is 0. The summed E-state index contributed by atoms with van der Waals surface area (Å²) in [5, 5.41) is 3.18. The number of aryl methyl sites for hydroxylation is 1. The first kappa shape index (κ1) is 10.6. The summed E-state index contributed by atoms with van der Waals surface area (Å²) >= 11 is 1.70. The molecule has 0 aromatic carbocycles. The summed E-state index contributed by atoms with van der Waals surface area (Å²) < 4.78 is 0. The molecule has 1 saturated heterocycles. The van der Waals surface area contributed by atoms with Crippen LogP contribution >= 0.6 is 11.3 Å². The molecule has 3 nitrogen and oxygen atoms in total. The summed E-state index contributed by atoms with van der Waals surface area (Å²) in [5.41, 5.74) is 1.09. The lowest BCUT2D eigenvalue weighted by atomic mass is 9.94. The van der Waals surface area contributed by atoms with Crippen molar-refractivity contribution in [3.8, 4) is 0 Å². The largest absolute Gasteiger partial charge is 0.348 e. The first-order chi connectivity index (χ1) is 7.16. The highest BCUT2D eigenvalue weighted by Crippen LogP contribution is 2.26. The Hall–Kier alpha value is -0.900. The van der Waals surface area contributed by atoms with Crippen LogP contribution in [-0.4, -0.2) is 23.9 Å². The van der Waals surface area contributed by atoms with E-state index < -0.39 is 0 Å². The van der Waals surface area contributed by atoms with E-state index in [0.717, 1.165) is 36.8 Å². The molecule has 0 radical (unpaired) electrons. The van der Waals surface area contributed by atoms with Gasteiger partial charge in [0.2, 0.25) is 0 Å². The zero-order valence-corrected chi connectivity index (χ0v) is 10.0. The van der Waals surface area contributed by atoms with E-state index in [-0.39, 0.29) is 5.92 Å². The van der Waals surface area contributed by atoms with Crippen LogP contribution < -0.4 is 4.90 Å². The quantitative estimate of drug-likeness (QED) is 0.772. The summed E-state index contributed by atoms with van der Waals surface area (Å²) in [6.07, 6.45) is 1.96. The number of rotatable bonds is 2. The highest BCUT2D eigenvalue weighted by atomic mass is 32.1. The average Bonchev–Trinajstić information content (AvgIpc) is 2.65. The van der Waals surface area contributed by atoms with Crippen molar-refractivity contribution in [2.24, 2.45) is 5.92 Å². The molecule has 0 N–H and O–H groups in total. The Morgan fingerprint density at radius 2 is 2.20 bits per heavy atom. The smallest absolute Gasteiger partial charge is 0.185 e. The van der Waals surface area contributed by atoms with Crippen molar-refractivity contribution >= 4 is 22.3 Å². The average molecular weight is 224 g/mol. The number of ketones is 1. The number of hydrogen-bond donors (Lipinski definition) is 0. The van der Waals surface area contributed by atoms with Crippen molar-refractivity contribution in [2.75, 3.05) is 18.0 Å². The second-order valence-corrected chi connectivity index (χ2v) is 4.98. The molecular formula is C11H16N2OS. The van der Waals surface area contributed by atoms with Crippen LogP contribution in [0.1, 0.15) is 25.5 Å². The molecule has 1 aliphatic rings. The second-order valence-electron chi connectivity index (χ2n) is 4.14. The lowest BCUT2D eigenvalue weighted by Crippen LogP contribution is -2.35. The van der Waals surface area contributed by atoms with E-state index in [1.807, 2.05) is 6.92 Å². The minimum absolute atomic E-state index is 0.280. The Balaban J connectivity index is 1.96. The topological polar surface area (TPSA) is 33.2 Å². The maximum Gasteiger partial charge on any atom is 0.185 e. The van der Waals surface area contributed by atoms with Crippen molar-refractivity contribution in [1.82, 2.24) is 4.98 Å². The molecule has 0 atom stereocenters. The van der Waals surface area contributed by atoms with E-state index in [4.69, 9.17) is 0 Å². The summed E-state index contributed by atoms with van der Waals surface area (Å²) in [6.45, 7) is 5.66. The predicted octanol–water partition coefficient (Wildman–Crippen LogP) is 2.26. The molecule has 1 fully saturated rings. The molecule has 1 aliphatic heterocycles. The third-order valence-electron chi connectivity index (χ3n) is 2.95. The predicted molar refractivity (Wildman–Crippen MR) is 62.5 cm³/mol. The Morgan fingerprint density at radius 3 is 2.67 bits per heavy atom. The minimum atomic E-state index is 0.280. The summed E-state index contributed by atoms with van der Waals surface area (Å²) in [7, 11) is 0. The van der Waals surface area contributed by atoms with Gasteiger partial charge in [0.25, 0.3) is 0 Å². The van der Waals surface area contributed by atoms with Gasteiger partial charge in [0.05, 0.1) is 5.69 Å². The van der Waals surface area contributed by atoms with Gasteiger partial charge in [0, 0.05) is 24.4 Å². The molecule has 0 bridgehead atoms. The first-order valence-electron chi connectivity index (χ1n) is 5.34. The van der Waals surface area contributed by atoms with Crippen LogP contribution in [0.15, 0.2) is 5.38 Å². The van der Waals surface area contributed by atoms with Gasteiger partial charge in [-0.25, -0.2) is 4.98 Å². The van der Waals surface area contributed by atoms with Gasteiger partial charge in [0.15, 0.2) is 5.13 Å². The molecule has 0 spiro atoms. The van der Waals surface area contributed by atoms with E-state index in [0.29, 0.717) is 5.78 Å². The fourth-order valence-electron chi connectivity index (χ4n) is 1.96. The van der Waals surface area contributed by atoms with E-state index in [2.05, 4.69) is 15.3 Å². The van der Waals surface area contributed by atoms with Crippen LogP contribution in [0.3, 0.4) is 0 Å². The maximum atomic E-state index is 11.2. The molecule has 2 heterocycles. The van der Waals surface area contributed by atoms with Crippen LogP contribution in [0.25, 0.3) is 0 Å². The molecule has 2 rings (SSSR count). The maximum absolute atomic E-state index is 11.2. The van der Waals surface area contributed by atoms with Gasteiger partial charge in [-0.2, -0.15) is 0 Å². The number of nitrogens with zero attached hydrogens (tertiary/aromatic N) is 2. The number of thiazole rings is 1. The normalized spacial score (nSPS) is 18.1. The third-order valence-corrected chi connectivity index (χ3v) is 3.97. The first-order valence-corrected chi connectivity index (χ1v) is 6.22. The van der Waals surface area contributed by atoms with Crippen molar-refractivity contribution in [3.63, 3.8) is 0 Å². The molecule has 0 unspecified atom stereocenters. The molecule has 4 heteroatoms. The van der Waals surface area contributed by atoms with Gasteiger partial charge < -0.3 is 4.90 Å². The van der Waals surface area contributed by atoms with Crippen LogP contribution in [-0.2, 0) is 4.79 Å². The van der Waals surface area contributed by atoms with E-state index in [1.165, 1.54) is 0 Å². The van der Waals surface area contributed by atoms with E-state index in [1.54, 1.807) is 18.3 Å². The Morgan fingerprint density at radius 1 is 1.53 bits per heavy atom. The molecule has 15 heavy (non-hydrogen) atoms. The SMILES string of the molecule is CC(=O)C1CCN(c2nc(C)cs2)CC1. The number of Topliss-reactive ketones (excluding diaryl/α,β-unsaturated/α-hetero) is 1. The molecule has 0 amide bonds. The highest BCUT2D eigenvalue weighted by molar-refractivity contribution is 7.13. The van der Waals surface area contributed by atoms with Gasteiger partial charge in [-0.3, -0.25) is 4.79 Å². The summed E-state index contributed by atoms with van der Waals surface area (Å²) in [4.78, 5) is 18.0. The number of hydrogen-bond acceptors (Lipinski definition) is 4. The summed E-state index contributed by atoms with van der Waals surface area (Å²) in [5.74, 6) is 0.618. The van der Waals surface area contributed by atoms with Crippen molar-refractivity contribution < 1.29 is 4.79 Å². The molecule has 0 aliphatic carbocycles. The molecule has 1 aromatic heterocycles. The number of anilines is 1. The van der Waals surface area contributed by atoms with Gasteiger partial charge in [-0.05, 0) is 26.7 Å². The van der Waals surface area contributed by atoms with Crippen molar-refractivity contribution in [2.45, 2.75) is 26.7 Å². The molecule has 82 valence electrons. The molecule has 0 saturated carbocycles. The second kappa shape index (κ2) is 4.31. The lowest BCUT2D eigenvalue weighted by molar-refractivity contribution is -0.121. The van der Waals surface area contributed by atoms with Gasteiger partial charge >= 0.3 is 0 Å². The Kier molecular flexibility index (Phi) is 3.05. The zero-order valence-electron chi connectivity index (χ0n) is 9.19.